The van der Waals surface area contributed by atoms with Crippen LogP contribution in [0, 0.1) is 12.8 Å². The number of amides is 1. The van der Waals surface area contributed by atoms with Gasteiger partial charge in [-0.2, -0.15) is 4.98 Å². The molecule has 0 aromatic carbocycles. The number of nitrogens with zero attached hydrogens (tertiary/aromatic N) is 2. The molecule has 1 aliphatic rings. The van der Waals surface area contributed by atoms with Crippen LogP contribution in [0.3, 0.4) is 0 Å². The van der Waals surface area contributed by atoms with Gasteiger partial charge in [0, 0.05) is 13.7 Å². The van der Waals surface area contributed by atoms with E-state index in [2.05, 4.69) is 20.6 Å². The van der Waals surface area contributed by atoms with Crippen molar-refractivity contribution in [1.82, 2.24) is 20.6 Å². The maximum Gasteiger partial charge on any atom is 0.261 e. The first kappa shape index (κ1) is 20.8. The third kappa shape index (κ3) is 4.43. The lowest BCUT2D eigenvalue weighted by Crippen LogP contribution is -2.26. The van der Waals surface area contributed by atoms with E-state index in [1.54, 1.807) is 14.2 Å². The first-order valence-electron chi connectivity index (χ1n) is 8.46. The van der Waals surface area contributed by atoms with Crippen LogP contribution in [0.2, 0.25) is 0 Å². The molecule has 0 aliphatic carbocycles. The molecule has 26 heavy (non-hydrogen) atoms. The average molecular weight is 401 g/mol. The Morgan fingerprint density at radius 1 is 1.38 bits per heavy atom. The van der Waals surface area contributed by atoms with Crippen molar-refractivity contribution in [1.29, 1.82) is 0 Å². The zero-order valence-electron chi connectivity index (χ0n) is 15.3. The standard InChI is InChI=1S/C17H24N4O3S.ClH/c1-10-13-16(24-3)20-12(9-23-2)21-17(13)25-14(10)15(22)19-7-5-11-4-6-18-8-11;/h11,18H,4-9H2,1-3H3,(H,19,22);1H. The van der Waals surface area contributed by atoms with E-state index in [4.69, 9.17) is 9.47 Å². The molecule has 1 saturated heterocycles. The van der Waals surface area contributed by atoms with Crippen molar-refractivity contribution in [3.63, 3.8) is 0 Å². The Kier molecular flexibility index (Phi) is 7.57. The third-order valence-corrected chi connectivity index (χ3v) is 5.66. The first-order valence-corrected chi connectivity index (χ1v) is 9.27. The van der Waals surface area contributed by atoms with Gasteiger partial charge in [-0.3, -0.25) is 4.79 Å². The molecular weight excluding hydrogens is 376 g/mol. The van der Waals surface area contributed by atoms with Crippen molar-refractivity contribution >= 4 is 39.9 Å². The van der Waals surface area contributed by atoms with Gasteiger partial charge in [-0.25, -0.2) is 4.98 Å². The van der Waals surface area contributed by atoms with E-state index in [0.717, 1.165) is 35.3 Å². The molecule has 2 aromatic rings. The lowest BCUT2D eigenvalue weighted by Gasteiger charge is -2.09. The molecular formula is C17H25ClN4O3S. The molecule has 1 amide bonds. The van der Waals surface area contributed by atoms with Crippen LogP contribution in [0.1, 0.15) is 33.9 Å². The summed E-state index contributed by atoms with van der Waals surface area (Å²) in [5.74, 6) is 1.64. The zero-order valence-corrected chi connectivity index (χ0v) is 16.9. The summed E-state index contributed by atoms with van der Waals surface area (Å²) in [6.45, 7) is 5.04. The molecule has 9 heteroatoms. The summed E-state index contributed by atoms with van der Waals surface area (Å²) in [6.07, 6.45) is 2.19. The zero-order chi connectivity index (χ0) is 17.8. The van der Waals surface area contributed by atoms with E-state index in [9.17, 15) is 4.79 Å². The van der Waals surface area contributed by atoms with Gasteiger partial charge in [-0.05, 0) is 44.3 Å². The predicted molar refractivity (Wildman–Crippen MR) is 105 cm³/mol. The number of hydrogen-bond acceptors (Lipinski definition) is 7. The number of methoxy groups -OCH3 is 2. The topological polar surface area (TPSA) is 85.4 Å². The molecule has 1 fully saturated rings. The number of ether oxygens (including phenoxy) is 2. The van der Waals surface area contributed by atoms with E-state index in [0.29, 0.717) is 35.7 Å². The van der Waals surface area contributed by atoms with Crippen LogP contribution < -0.4 is 15.4 Å². The number of thiophene rings is 1. The molecule has 3 rings (SSSR count). The van der Waals surface area contributed by atoms with Gasteiger partial charge >= 0.3 is 0 Å². The van der Waals surface area contributed by atoms with E-state index in [1.807, 2.05) is 6.92 Å². The van der Waals surface area contributed by atoms with Crippen LogP contribution >= 0.6 is 23.7 Å². The Hall–Kier alpha value is -1.48. The lowest BCUT2D eigenvalue weighted by atomic mass is 10.1. The highest BCUT2D eigenvalue weighted by molar-refractivity contribution is 7.20. The molecule has 3 heterocycles. The van der Waals surface area contributed by atoms with Gasteiger partial charge in [0.1, 0.15) is 11.4 Å². The molecule has 1 unspecified atom stereocenters. The number of rotatable bonds is 7. The van der Waals surface area contributed by atoms with E-state index < -0.39 is 0 Å². The van der Waals surface area contributed by atoms with E-state index >= 15 is 0 Å². The second-order valence-electron chi connectivity index (χ2n) is 6.22. The van der Waals surface area contributed by atoms with Gasteiger partial charge in [0.2, 0.25) is 5.88 Å². The maximum atomic E-state index is 12.6. The molecule has 144 valence electrons. The van der Waals surface area contributed by atoms with Gasteiger partial charge in [0.25, 0.3) is 5.91 Å². The molecule has 0 bridgehead atoms. The molecule has 0 radical (unpaired) electrons. The fourth-order valence-corrected chi connectivity index (χ4v) is 4.24. The van der Waals surface area contributed by atoms with E-state index in [-0.39, 0.29) is 18.3 Å². The molecule has 7 nitrogen and oxygen atoms in total. The van der Waals surface area contributed by atoms with Crippen molar-refractivity contribution in [2.24, 2.45) is 5.92 Å². The van der Waals surface area contributed by atoms with Crippen LogP contribution in [-0.4, -0.2) is 49.7 Å². The van der Waals surface area contributed by atoms with Gasteiger partial charge in [0.05, 0.1) is 17.4 Å². The van der Waals surface area contributed by atoms with E-state index in [1.165, 1.54) is 17.8 Å². The van der Waals surface area contributed by atoms with Gasteiger partial charge in [-0.15, -0.1) is 23.7 Å². The second kappa shape index (κ2) is 9.45. The number of carbonyl (C=O) groups excluding carboxylic acids is 1. The van der Waals surface area contributed by atoms with Gasteiger partial charge < -0.3 is 20.1 Å². The van der Waals surface area contributed by atoms with Crippen molar-refractivity contribution in [3.05, 3.63) is 16.3 Å². The number of nitrogens with one attached hydrogen (secondary N) is 2. The largest absolute Gasteiger partial charge is 0.480 e. The number of carbonyl (C=O) groups is 1. The van der Waals surface area contributed by atoms with Crippen LogP contribution in [-0.2, 0) is 11.3 Å². The Morgan fingerprint density at radius 2 is 2.19 bits per heavy atom. The highest BCUT2D eigenvalue weighted by Gasteiger charge is 2.21. The molecule has 1 aliphatic heterocycles. The SMILES string of the molecule is COCc1nc(OC)c2c(C)c(C(=O)NCCC3CCNC3)sc2n1.Cl. The monoisotopic (exact) mass is 400 g/mol. The Balaban J connectivity index is 0.00000243. The number of hydrogen-bond donors (Lipinski definition) is 2. The fourth-order valence-electron chi connectivity index (χ4n) is 3.13. The normalized spacial score (nSPS) is 16.5. The summed E-state index contributed by atoms with van der Waals surface area (Å²) < 4.78 is 10.5. The Bertz CT molecular complexity index is 762. The van der Waals surface area contributed by atoms with Crippen LogP contribution in [0.4, 0.5) is 0 Å². The average Bonchev–Trinajstić information content (AvgIpc) is 3.23. The fraction of sp³-hybridized carbons (Fsp3) is 0.588. The van der Waals surface area contributed by atoms with Gasteiger partial charge in [0.15, 0.2) is 5.82 Å². The minimum absolute atomic E-state index is 0. The van der Waals surface area contributed by atoms with Crippen molar-refractivity contribution in [2.75, 3.05) is 33.9 Å². The first-order chi connectivity index (χ1) is 12.1. The van der Waals surface area contributed by atoms with Crippen LogP contribution in [0.15, 0.2) is 0 Å². The van der Waals surface area contributed by atoms with Crippen molar-refractivity contribution in [3.8, 4) is 5.88 Å². The summed E-state index contributed by atoms with van der Waals surface area (Å²) in [5.41, 5.74) is 0.862. The summed E-state index contributed by atoms with van der Waals surface area (Å²) in [5, 5.41) is 7.19. The highest BCUT2D eigenvalue weighted by atomic mass is 35.5. The third-order valence-electron chi connectivity index (χ3n) is 4.48. The maximum absolute atomic E-state index is 12.6. The second-order valence-corrected chi connectivity index (χ2v) is 7.22. The molecule has 0 spiro atoms. The highest BCUT2D eigenvalue weighted by Crippen LogP contribution is 2.35. The Labute approximate surface area is 163 Å². The summed E-state index contributed by atoms with van der Waals surface area (Å²) >= 11 is 1.37. The minimum Gasteiger partial charge on any atom is -0.480 e. The summed E-state index contributed by atoms with van der Waals surface area (Å²) in [6, 6.07) is 0. The van der Waals surface area contributed by atoms with Crippen LogP contribution in [0.25, 0.3) is 10.2 Å². The summed E-state index contributed by atoms with van der Waals surface area (Å²) in [4.78, 5) is 22.9. The number of aryl methyl sites for hydroxylation is 1. The molecule has 1 atom stereocenters. The molecule has 2 N–H and O–H groups in total. The smallest absolute Gasteiger partial charge is 0.261 e. The summed E-state index contributed by atoms with van der Waals surface area (Å²) in [7, 11) is 3.17. The molecule has 2 aromatic heterocycles. The number of fused-ring (bicyclic) bond motifs is 1. The number of aromatic nitrogens is 2. The Morgan fingerprint density at radius 3 is 2.85 bits per heavy atom. The van der Waals surface area contributed by atoms with Crippen molar-refractivity contribution in [2.45, 2.75) is 26.4 Å². The number of halogens is 1. The predicted octanol–water partition coefficient (Wildman–Crippen LogP) is 2.31. The molecule has 0 saturated carbocycles. The minimum atomic E-state index is -0.0539. The van der Waals surface area contributed by atoms with Crippen LogP contribution in [0.5, 0.6) is 5.88 Å². The quantitative estimate of drug-likeness (QED) is 0.741. The van der Waals surface area contributed by atoms with Crippen molar-refractivity contribution < 1.29 is 14.3 Å². The lowest BCUT2D eigenvalue weighted by molar-refractivity contribution is 0.0955. The van der Waals surface area contributed by atoms with Gasteiger partial charge in [-0.1, -0.05) is 0 Å².